The number of hydrogen-bond donors (Lipinski definition) is 0. The van der Waals surface area contributed by atoms with Crippen LogP contribution in [0.4, 0.5) is 0 Å². The van der Waals surface area contributed by atoms with Crippen molar-refractivity contribution in [3.63, 3.8) is 0 Å². The third kappa shape index (κ3) is 3.18. The van der Waals surface area contributed by atoms with Gasteiger partial charge in [-0.2, -0.15) is 0 Å². The number of allylic oxidation sites excluding steroid dienone is 4. The number of rotatable bonds is 7. The summed E-state index contributed by atoms with van der Waals surface area (Å²) in [7, 11) is 0. The van der Waals surface area contributed by atoms with E-state index in [1.165, 1.54) is 5.57 Å². The van der Waals surface area contributed by atoms with Crippen molar-refractivity contribution in [2.24, 2.45) is 44.8 Å². The molecule has 0 aromatic carbocycles. The Labute approximate surface area is 217 Å². The molecule has 5 atom stereocenters. The Morgan fingerprint density at radius 1 is 0.944 bits per heavy atom. The SMILES string of the molecule is CC(C)=CCCC(C)=CCC12CC3CC4C(C)(C)CCC4(C1=O)C(=O)C(C(=O)C(C)C)(C2=O)C3(C)C. The van der Waals surface area contributed by atoms with Crippen LogP contribution in [0.25, 0.3) is 0 Å². The zero-order chi connectivity index (χ0) is 27.1. The largest absolute Gasteiger partial charge is 0.298 e. The maximum Gasteiger partial charge on any atom is 0.168 e. The van der Waals surface area contributed by atoms with Crippen molar-refractivity contribution in [1.82, 2.24) is 0 Å². The molecule has 1 spiro atoms. The molecule has 5 rings (SSSR count). The van der Waals surface area contributed by atoms with Gasteiger partial charge in [-0.3, -0.25) is 19.2 Å². The van der Waals surface area contributed by atoms with Gasteiger partial charge in [0.15, 0.2) is 28.5 Å². The first-order chi connectivity index (χ1) is 16.5. The van der Waals surface area contributed by atoms with Crippen molar-refractivity contribution in [3.05, 3.63) is 23.3 Å². The highest BCUT2D eigenvalue weighted by Gasteiger charge is 2.85. The average molecular weight is 495 g/mol. The molecule has 0 heterocycles. The minimum Gasteiger partial charge on any atom is -0.298 e. The standard InChI is InChI=1S/C32H46O4/c1-19(2)11-10-12-21(5)13-14-30-18-22-17-23-28(6,7)15-16-31(23,25(30)34)27(36)32(26(30)35,29(22,8)9)24(33)20(3)4/h11,13,20,22-23H,10,12,14-18H2,1-9H3. The zero-order valence-corrected chi connectivity index (χ0v) is 24.0. The lowest BCUT2D eigenvalue weighted by atomic mass is 9.36. The number of hydrogen-bond acceptors (Lipinski definition) is 4. The number of ketones is 4. The Morgan fingerprint density at radius 2 is 1.58 bits per heavy atom. The molecule has 36 heavy (non-hydrogen) atoms. The van der Waals surface area contributed by atoms with Crippen LogP contribution in [0.2, 0.25) is 0 Å². The third-order valence-corrected chi connectivity index (χ3v) is 10.9. The summed E-state index contributed by atoms with van der Waals surface area (Å²) < 4.78 is 0. The maximum atomic E-state index is 14.8. The quantitative estimate of drug-likeness (QED) is 0.286. The van der Waals surface area contributed by atoms with Gasteiger partial charge in [-0.05, 0) is 88.4 Å². The lowest BCUT2D eigenvalue weighted by molar-refractivity contribution is -0.189. The summed E-state index contributed by atoms with van der Waals surface area (Å²) in [5.74, 6) is -1.74. The summed E-state index contributed by atoms with van der Waals surface area (Å²) in [6, 6.07) is 0. The molecule has 5 aliphatic rings. The fraction of sp³-hybridized carbons (Fsp3) is 0.750. The van der Waals surface area contributed by atoms with Gasteiger partial charge in [0.2, 0.25) is 0 Å². The van der Waals surface area contributed by atoms with Gasteiger partial charge in [-0.15, -0.1) is 0 Å². The number of carbonyl (C=O) groups is 4. The van der Waals surface area contributed by atoms with E-state index < -0.39 is 27.6 Å². The van der Waals surface area contributed by atoms with Crippen molar-refractivity contribution in [3.8, 4) is 0 Å². The van der Waals surface area contributed by atoms with Crippen molar-refractivity contribution >= 4 is 23.1 Å². The molecule has 0 N–H and O–H groups in total. The van der Waals surface area contributed by atoms with E-state index in [-0.39, 0.29) is 40.4 Å². The second-order valence-corrected chi connectivity index (χ2v) is 14.3. The van der Waals surface area contributed by atoms with Gasteiger partial charge in [0.25, 0.3) is 0 Å². The van der Waals surface area contributed by atoms with E-state index in [1.807, 2.05) is 13.8 Å². The predicted octanol–water partition coefficient (Wildman–Crippen LogP) is 6.86. The van der Waals surface area contributed by atoms with E-state index >= 15 is 0 Å². The highest BCUT2D eigenvalue weighted by Crippen LogP contribution is 2.75. The van der Waals surface area contributed by atoms with Gasteiger partial charge in [0, 0.05) is 5.92 Å². The van der Waals surface area contributed by atoms with Gasteiger partial charge >= 0.3 is 0 Å². The number of carbonyl (C=O) groups excluding carboxylic acids is 4. The van der Waals surface area contributed by atoms with E-state index in [2.05, 4.69) is 46.8 Å². The smallest absolute Gasteiger partial charge is 0.168 e. The molecule has 0 radical (unpaired) electrons. The van der Waals surface area contributed by atoms with Crippen LogP contribution in [0.15, 0.2) is 23.3 Å². The molecule has 5 unspecified atom stereocenters. The Bertz CT molecular complexity index is 1080. The third-order valence-electron chi connectivity index (χ3n) is 10.9. The second-order valence-electron chi connectivity index (χ2n) is 14.3. The van der Waals surface area contributed by atoms with E-state index in [4.69, 9.17) is 0 Å². The van der Waals surface area contributed by atoms with Crippen LogP contribution in [0.3, 0.4) is 0 Å². The van der Waals surface area contributed by atoms with Crippen LogP contribution in [-0.4, -0.2) is 23.1 Å². The van der Waals surface area contributed by atoms with E-state index in [1.54, 1.807) is 13.8 Å². The minimum absolute atomic E-state index is 0.0306. The van der Waals surface area contributed by atoms with Crippen LogP contribution < -0.4 is 0 Å². The van der Waals surface area contributed by atoms with Crippen LogP contribution in [0, 0.1) is 44.8 Å². The molecule has 4 bridgehead atoms. The molecule has 0 saturated heterocycles. The molecule has 5 fully saturated rings. The second kappa shape index (κ2) is 8.33. The molecule has 0 amide bonds. The topological polar surface area (TPSA) is 68.3 Å². The molecule has 5 aliphatic carbocycles. The van der Waals surface area contributed by atoms with Crippen molar-refractivity contribution in [2.45, 2.75) is 107 Å². The summed E-state index contributed by atoms with van der Waals surface area (Å²) in [5.41, 5.74) is -2.77. The maximum absolute atomic E-state index is 14.8. The van der Waals surface area contributed by atoms with Crippen LogP contribution in [0.1, 0.15) is 107 Å². The normalized spacial score (nSPS) is 38.4. The monoisotopic (exact) mass is 494 g/mol. The summed E-state index contributed by atoms with van der Waals surface area (Å²) in [6.45, 7) is 18.1. The van der Waals surface area contributed by atoms with Crippen molar-refractivity contribution < 1.29 is 19.2 Å². The van der Waals surface area contributed by atoms with E-state index in [0.29, 0.717) is 19.3 Å². The summed E-state index contributed by atoms with van der Waals surface area (Å²) >= 11 is 0. The predicted molar refractivity (Wildman–Crippen MR) is 142 cm³/mol. The summed E-state index contributed by atoms with van der Waals surface area (Å²) in [5, 5.41) is 0. The molecule has 0 aromatic rings. The highest BCUT2D eigenvalue weighted by atomic mass is 16.2. The number of Topliss-reactive ketones (excluding diaryl/α,β-unsaturated/α-hetero) is 4. The molecule has 4 nitrogen and oxygen atoms in total. The van der Waals surface area contributed by atoms with Crippen molar-refractivity contribution in [2.75, 3.05) is 0 Å². The van der Waals surface area contributed by atoms with Crippen LogP contribution >= 0.6 is 0 Å². The van der Waals surface area contributed by atoms with Crippen LogP contribution in [0.5, 0.6) is 0 Å². The van der Waals surface area contributed by atoms with Gasteiger partial charge in [0.1, 0.15) is 0 Å². The van der Waals surface area contributed by atoms with Gasteiger partial charge in [-0.1, -0.05) is 64.8 Å². The Kier molecular flexibility index (Phi) is 6.30. The Balaban J connectivity index is 1.93. The fourth-order valence-electron chi connectivity index (χ4n) is 8.73. The molecule has 5 saturated carbocycles. The van der Waals surface area contributed by atoms with Gasteiger partial charge in [-0.25, -0.2) is 0 Å². The van der Waals surface area contributed by atoms with Gasteiger partial charge in [0.05, 0.1) is 10.8 Å². The zero-order valence-electron chi connectivity index (χ0n) is 24.0. The lowest BCUT2D eigenvalue weighted by Crippen LogP contribution is -2.75. The van der Waals surface area contributed by atoms with Crippen molar-refractivity contribution in [1.29, 1.82) is 0 Å². The Morgan fingerprint density at radius 3 is 2.17 bits per heavy atom. The van der Waals surface area contributed by atoms with Gasteiger partial charge < -0.3 is 0 Å². The summed E-state index contributed by atoms with van der Waals surface area (Å²) in [6.07, 6.45) is 8.81. The molecular formula is C32H46O4. The molecular weight excluding hydrogens is 448 g/mol. The average Bonchev–Trinajstić information content (AvgIpc) is 2.95. The molecule has 4 heteroatoms. The molecule has 0 aliphatic heterocycles. The Hall–Kier alpha value is -1.84. The minimum atomic E-state index is -1.73. The molecule has 198 valence electrons. The lowest BCUT2D eigenvalue weighted by Gasteiger charge is -2.60. The van der Waals surface area contributed by atoms with E-state index in [9.17, 15) is 19.2 Å². The van der Waals surface area contributed by atoms with E-state index in [0.717, 1.165) is 31.3 Å². The first kappa shape index (κ1) is 27.2. The highest BCUT2D eigenvalue weighted by molar-refractivity contribution is 6.40. The molecule has 0 aromatic heterocycles. The first-order valence-corrected chi connectivity index (χ1v) is 14.0. The summed E-state index contributed by atoms with van der Waals surface area (Å²) in [4.78, 5) is 58.4. The fourth-order valence-corrected chi connectivity index (χ4v) is 8.73. The van der Waals surface area contributed by atoms with Crippen LogP contribution in [-0.2, 0) is 19.2 Å². The first-order valence-electron chi connectivity index (χ1n) is 14.0.